The van der Waals surface area contributed by atoms with Crippen molar-refractivity contribution >= 4 is 22.6 Å². The fourth-order valence-corrected chi connectivity index (χ4v) is 3.39. The van der Waals surface area contributed by atoms with Gasteiger partial charge in [-0.2, -0.15) is 0 Å². The smallest absolute Gasteiger partial charge is 0.412 e. The molecule has 0 saturated heterocycles. The van der Waals surface area contributed by atoms with Crippen LogP contribution in [0.25, 0.3) is 10.8 Å². The number of aliphatic hydroxyl groups is 1. The van der Waals surface area contributed by atoms with E-state index in [0.29, 0.717) is 35.4 Å². The molecule has 0 saturated carbocycles. The van der Waals surface area contributed by atoms with Gasteiger partial charge in [0.25, 0.3) is 0 Å². The van der Waals surface area contributed by atoms with Crippen LogP contribution in [-0.2, 0) is 4.74 Å². The van der Waals surface area contributed by atoms with E-state index in [9.17, 15) is 15.0 Å². The summed E-state index contributed by atoms with van der Waals surface area (Å²) >= 11 is 0. The van der Waals surface area contributed by atoms with Crippen LogP contribution in [0.4, 0.5) is 10.5 Å². The van der Waals surface area contributed by atoms with Crippen LogP contribution in [0.5, 0.6) is 17.2 Å². The number of ether oxygens (including phenoxy) is 3. The molecule has 7 heteroatoms. The Bertz CT molecular complexity index is 1030. The van der Waals surface area contributed by atoms with Gasteiger partial charge in [0.2, 0.25) is 6.79 Å². The molecule has 3 aromatic rings. The number of rotatable bonds is 6. The Morgan fingerprint density at radius 2 is 1.86 bits per heavy atom. The number of aromatic hydroxyl groups is 1. The minimum absolute atomic E-state index is 0.0142. The predicted octanol–water partition coefficient (Wildman–Crippen LogP) is 4.34. The van der Waals surface area contributed by atoms with Gasteiger partial charge in [-0.3, -0.25) is 5.32 Å². The number of benzene rings is 3. The summed E-state index contributed by atoms with van der Waals surface area (Å²) in [6, 6.07) is 15.8. The number of carbonyl (C=O) groups excluding carboxylic acids is 1. The molecule has 1 atom stereocenters. The number of fused-ring (bicyclic) bond motifs is 2. The molecule has 150 valence electrons. The highest BCUT2D eigenvalue weighted by atomic mass is 16.7. The normalized spacial score (nSPS) is 13.3. The highest BCUT2D eigenvalue weighted by molar-refractivity contribution is 5.91. The van der Waals surface area contributed by atoms with Crippen LogP contribution >= 0.6 is 0 Å². The van der Waals surface area contributed by atoms with E-state index in [2.05, 4.69) is 5.32 Å². The molecule has 0 aliphatic carbocycles. The van der Waals surface area contributed by atoms with Gasteiger partial charge in [0.05, 0.1) is 0 Å². The lowest BCUT2D eigenvalue weighted by Gasteiger charge is -2.20. The van der Waals surface area contributed by atoms with E-state index >= 15 is 0 Å². The number of phenolic OH excluding ortho intramolecular Hbond substituents is 1. The van der Waals surface area contributed by atoms with Crippen molar-refractivity contribution in [1.82, 2.24) is 0 Å². The zero-order valence-electron chi connectivity index (χ0n) is 15.6. The maximum atomic E-state index is 12.5. The molecule has 3 N–H and O–H groups in total. The minimum atomic E-state index is -0.621. The molecule has 7 nitrogen and oxygen atoms in total. The third-order valence-corrected chi connectivity index (χ3v) is 4.77. The van der Waals surface area contributed by atoms with Crippen LogP contribution in [0.15, 0.2) is 54.6 Å². The fourth-order valence-electron chi connectivity index (χ4n) is 3.39. The quantitative estimate of drug-likeness (QED) is 0.575. The highest BCUT2D eigenvalue weighted by Crippen LogP contribution is 2.36. The largest absolute Gasteiger partial charge is 0.507 e. The molecule has 3 aromatic carbocycles. The lowest BCUT2D eigenvalue weighted by atomic mass is 9.97. The zero-order chi connectivity index (χ0) is 20.2. The average Bonchev–Trinajstić information content (AvgIpc) is 3.20. The Kier molecular flexibility index (Phi) is 5.39. The lowest BCUT2D eigenvalue weighted by Crippen LogP contribution is -2.18. The third kappa shape index (κ3) is 4.05. The maximum absolute atomic E-state index is 12.5. The predicted molar refractivity (Wildman–Crippen MR) is 107 cm³/mol. The lowest BCUT2D eigenvalue weighted by molar-refractivity contribution is 0.100. The molecule has 1 aliphatic rings. The first-order valence-corrected chi connectivity index (χ1v) is 9.34. The van der Waals surface area contributed by atoms with Gasteiger partial charge in [0.15, 0.2) is 11.5 Å². The van der Waals surface area contributed by atoms with Crippen LogP contribution in [0.1, 0.15) is 24.5 Å². The van der Waals surface area contributed by atoms with Gasteiger partial charge in [0, 0.05) is 29.3 Å². The standard InChI is InChI=1S/C22H21NO6/c24-11-3-6-19(17-8-9-18(25)16-5-2-1-4-15(16)17)29-22(26)23-14-7-10-20-21(12-14)28-13-27-20/h1-2,4-5,7-10,12,19,24-25H,3,6,11,13H2,(H,23,26)/t19-/m0/s1. The number of carbonyl (C=O) groups is 1. The van der Waals surface area contributed by atoms with Crippen LogP contribution in [0.3, 0.4) is 0 Å². The summed E-state index contributed by atoms with van der Waals surface area (Å²) in [5.74, 6) is 1.35. The van der Waals surface area contributed by atoms with Crippen molar-refractivity contribution in [3.63, 3.8) is 0 Å². The average molecular weight is 395 g/mol. The van der Waals surface area contributed by atoms with Gasteiger partial charge in [-0.1, -0.05) is 30.3 Å². The molecule has 4 rings (SSSR count). The SMILES string of the molecule is O=C(Nc1ccc2c(c1)OCO2)O[C@@H](CCCO)c1ccc(O)c2ccccc12. The molecule has 0 bridgehead atoms. The summed E-state index contributed by atoms with van der Waals surface area (Å²) in [6.45, 7) is 0.139. The Morgan fingerprint density at radius 3 is 2.69 bits per heavy atom. The van der Waals surface area contributed by atoms with E-state index in [4.69, 9.17) is 14.2 Å². The van der Waals surface area contributed by atoms with Crippen LogP contribution in [0, 0.1) is 0 Å². The van der Waals surface area contributed by atoms with Gasteiger partial charge in [-0.25, -0.2) is 4.79 Å². The molecule has 0 fully saturated rings. The summed E-state index contributed by atoms with van der Waals surface area (Å²) in [5, 5.41) is 23.6. The topological polar surface area (TPSA) is 97.3 Å². The van der Waals surface area contributed by atoms with Crippen molar-refractivity contribution in [2.45, 2.75) is 18.9 Å². The second-order valence-corrected chi connectivity index (χ2v) is 6.67. The van der Waals surface area contributed by atoms with E-state index in [-0.39, 0.29) is 19.1 Å². The third-order valence-electron chi connectivity index (χ3n) is 4.77. The molecule has 1 heterocycles. The van der Waals surface area contributed by atoms with E-state index in [0.717, 1.165) is 10.9 Å². The first kappa shape index (κ1) is 18.9. The Labute approximate surface area is 167 Å². The first-order chi connectivity index (χ1) is 14.2. The second-order valence-electron chi connectivity index (χ2n) is 6.67. The Hall–Kier alpha value is -3.45. The highest BCUT2D eigenvalue weighted by Gasteiger charge is 2.21. The first-order valence-electron chi connectivity index (χ1n) is 9.34. The number of phenols is 1. The summed E-state index contributed by atoms with van der Waals surface area (Å²) in [5.41, 5.74) is 1.29. The number of hydrogen-bond acceptors (Lipinski definition) is 6. The van der Waals surface area contributed by atoms with Crippen LogP contribution < -0.4 is 14.8 Å². The van der Waals surface area contributed by atoms with Crippen molar-refractivity contribution in [2.75, 3.05) is 18.7 Å². The van der Waals surface area contributed by atoms with Gasteiger partial charge >= 0.3 is 6.09 Å². The molecule has 29 heavy (non-hydrogen) atoms. The summed E-state index contributed by atoms with van der Waals surface area (Å²) < 4.78 is 16.3. The molecular weight excluding hydrogens is 374 g/mol. The van der Waals surface area contributed by atoms with Crippen molar-refractivity contribution in [3.8, 4) is 17.2 Å². The van der Waals surface area contributed by atoms with E-state index in [1.807, 2.05) is 24.3 Å². The Morgan fingerprint density at radius 1 is 1.07 bits per heavy atom. The molecule has 1 aliphatic heterocycles. The number of amides is 1. The molecule has 0 spiro atoms. The van der Waals surface area contributed by atoms with Gasteiger partial charge in [-0.15, -0.1) is 0 Å². The van der Waals surface area contributed by atoms with Crippen molar-refractivity contribution in [2.24, 2.45) is 0 Å². The minimum Gasteiger partial charge on any atom is -0.507 e. The van der Waals surface area contributed by atoms with Crippen LogP contribution in [-0.4, -0.2) is 29.7 Å². The number of aliphatic hydroxyl groups excluding tert-OH is 1. The van der Waals surface area contributed by atoms with Gasteiger partial charge in [-0.05, 0) is 36.4 Å². The van der Waals surface area contributed by atoms with Gasteiger partial charge < -0.3 is 24.4 Å². The van der Waals surface area contributed by atoms with Crippen molar-refractivity contribution in [3.05, 3.63) is 60.2 Å². The monoisotopic (exact) mass is 395 g/mol. The summed E-state index contributed by atoms with van der Waals surface area (Å²) in [7, 11) is 0. The number of nitrogens with one attached hydrogen (secondary N) is 1. The molecule has 0 radical (unpaired) electrons. The molecule has 0 aromatic heterocycles. The van der Waals surface area contributed by atoms with Crippen molar-refractivity contribution in [1.29, 1.82) is 0 Å². The molecule has 0 unspecified atom stereocenters. The molecular formula is C22H21NO6. The van der Waals surface area contributed by atoms with Crippen LogP contribution in [0.2, 0.25) is 0 Å². The van der Waals surface area contributed by atoms with Crippen molar-refractivity contribution < 1.29 is 29.2 Å². The van der Waals surface area contributed by atoms with E-state index in [1.165, 1.54) is 0 Å². The number of anilines is 1. The van der Waals surface area contributed by atoms with E-state index in [1.54, 1.807) is 30.3 Å². The zero-order valence-corrected chi connectivity index (χ0v) is 15.6. The maximum Gasteiger partial charge on any atom is 0.412 e. The fraction of sp³-hybridized carbons (Fsp3) is 0.227. The second kappa shape index (κ2) is 8.28. The number of hydrogen-bond donors (Lipinski definition) is 3. The Balaban J connectivity index is 1.56. The summed E-state index contributed by atoms with van der Waals surface area (Å²) in [6.07, 6.45) is -0.289. The van der Waals surface area contributed by atoms with E-state index < -0.39 is 12.2 Å². The summed E-state index contributed by atoms with van der Waals surface area (Å²) in [4.78, 5) is 12.5. The molecule has 1 amide bonds. The van der Waals surface area contributed by atoms with Gasteiger partial charge in [0.1, 0.15) is 11.9 Å².